The van der Waals surface area contributed by atoms with E-state index in [1.165, 1.54) is 20.7 Å². The Balaban J connectivity index is 3.22. The molecule has 1 aliphatic heterocycles. The molecule has 0 aromatic carbocycles. The van der Waals surface area contributed by atoms with Crippen molar-refractivity contribution in [1.82, 2.24) is 0 Å². The van der Waals surface area contributed by atoms with E-state index >= 15 is 0 Å². The Kier molecular flexibility index (Phi) is 8.33. The molecule has 1 rings (SSSR count). The van der Waals surface area contributed by atoms with Gasteiger partial charge in [-0.3, -0.25) is 0 Å². The second-order valence-electron chi connectivity index (χ2n) is 5.75. The Morgan fingerprint density at radius 3 is 2.71 bits per heavy atom. The Hall–Kier alpha value is 0.490. The van der Waals surface area contributed by atoms with Crippen molar-refractivity contribution >= 4 is 52.9 Å². The van der Waals surface area contributed by atoms with Crippen LogP contribution in [0.15, 0.2) is 42.8 Å². The lowest BCUT2D eigenvalue weighted by molar-refractivity contribution is 0.294. The summed E-state index contributed by atoms with van der Waals surface area (Å²) in [5.41, 5.74) is 0. The smallest absolute Gasteiger partial charge is 0.0152 e. The number of allylic oxidation sites excluding steroid dienone is 5. The van der Waals surface area contributed by atoms with Gasteiger partial charge in [0.05, 0.1) is 0 Å². The molecular formula is C17H25BrS3. The van der Waals surface area contributed by atoms with E-state index in [-0.39, 0.29) is 0 Å². The molecule has 0 radical (unpaired) electrons. The van der Waals surface area contributed by atoms with Crippen LogP contribution in [0.2, 0.25) is 0 Å². The first-order valence-corrected chi connectivity index (χ1v) is 9.79. The van der Waals surface area contributed by atoms with Gasteiger partial charge < -0.3 is 0 Å². The van der Waals surface area contributed by atoms with Gasteiger partial charge in [-0.05, 0) is 58.0 Å². The van der Waals surface area contributed by atoms with Crippen molar-refractivity contribution in [2.45, 2.75) is 40.5 Å². The van der Waals surface area contributed by atoms with E-state index in [0.717, 1.165) is 16.2 Å². The fourth-order valence-corrected chi connectivity index (χ4v) is 4.93. The first kappa shape index (κ1) is 19.5. The summed E-state index contributed by atoms with van der Waals surface area (Å²) in [6.07, 6.45) is 6.43. The highest BCUT2D eigenvalue weighted by molar-refractivity contribution is 9.11. The molecule has 0 unspecified atom stereocenters. The monoisotopic (exact) mass is 404 g/mol. The number of thioether (sulfide) groups is 1. The molecule has 0 saturated heterocycles. The zero-order valence-electron chi connectivity index (χ0n) is 13.2. The van der Waals surface area contributed by atoms with E-state index in [0.29, 0.717) is 17.8 Å². The predicted octanol–water partition coefficient (Wildman–Crippen LogP) is 7.19. The minimum atomic E-state index is 0.447. The van der Waals surface area contributed by atoms with Gasteiger partial charge in [0.25, 0.3) is 0 Å². The van der Waals surface area contributed by atoms with Crippen LogP contribution >= 0.6 is 52.9 Å². The SMILES string of the molecule is C=C(S)/C=C1\C[C@H]([C@H](C)[C@@H](C)CC)C(Br)=C(S)C=C(C)S1. The number of halogens is 1. The fourth-order valence-electron chi connectivity index (χ4n) is 2.49. The number of rotatable bonds is 4. The van der Waals surface area contributed by atoms with Gasteiger partial charge in [0.2, 0.25) is 0 Å². The summed E-state index contributed by atoms with van der Waals surface area (Å²) in [5.74, 6) is 1.72. The molecule has 118 valence electrons. The van der Waals surface area contributed by atoms with Crippen LogP contribution in [0, 0.1) is 17.8 Å². The normalized spacial score (nSPS) is 25.2. The van der Waals surface area contributed by atoms with Crippen LogP contribution in [-0.4, -0.2) is 0 Å². The highest BCUT2D eigenvalue weighted by atomic mass is 79.9. The molecule has 0 spiro atoms. The zero-order chi connectivity index (χ0) is 16.2. The standard InChI is InChI=1S/C17H25BrS3/c1-6-10(2)13(5)15-9-14(7-11(3)19)21-12(4)8-16(20)17(15)18/h7-8,10,13,15,19-20H,3,6,9H2,1-2,4-5H3/b12-8?,14-7+,17-16?/t10-,13+,15+/m0/s1. The van der Waals surface area contributed by atoms with Gasteiger partial charge >= 0.3 is 0 Å². The van der Waals surface area contributed by atoms with Crippen molar-refractivity contribution in [3.63, 3.8) is 0 Å². The topological polar surface area (TPSA) is 0 Å². The molecule has 0 bridgehead atoms. The van der Waals surface area contributed by atoms with E-state index < -0.39 is 0 Å². The summed E-state index contributed by atoms with van der Waals surface area (Å²) in [6.45, 7) is 13.0. The van der Waals surface area contributed by atoms with Crippen LogP contribution in [-0.2, 0) is 0 Å². The lowest BCUT2D eigenvalue weighted by atomic mass is 9.80. The lowest BCUT2D eigenvalue weighted by Crippen LogP contribution is -2.20. The Morgan fingerprint density at radius 1 is 1.57 bits per heavy atom. The first-order valence-electron chi connectivity index (χ1n) is 7.29. The second kappa shape index (κ2) is 8.95. The third-order valence-corrected chi connectivity index (χ3v) is 6.93. The van der Waals surface area contributed by atoms with Crippen molar-refractivity contribution in [2.75, 3.05) is 0 Å². The van der Waals surface area contributed by atoms with Gasteiger partial charge in [-0.2, -0.15) is 0 Å². The maximum atomic E-state index is 4.67. The van der Waals surface area contributed by atoms with Gasteiger partial charge in [0.1, 0.15) is 0 Å². The predicted molar refractivity (Wildman–Crippen MR) is 109 cm³/mol. The Labute approximate surface area is 153 Å². The maximum absolute atomic E-state index is 4.67. The highest BCUT2D eigenvalue weighted by Crippen LogP contribution is 2.45. The average Bonchev–Trinajstić information content (AvgIpc) is 2.40. The molecule has 1 heterocycles. The minimum Gasteiger partial charge on any atom is -0.144 e. The largest absolute Gasteiger partial charge is 0.144 e. The van der Waals surface area contributed by atoms with Crippen LogP contribution in [0.3, 0.4) is 0 Å². The summed E-state index contributed by atoms with van der Waals surface area (Å²) in [5, 5.41) is 0. The minimum absolute atomic E-state index is 0.447. The van der Waals surface area contributed by atoms with Crippen molar-refractivity contribution in [3.8, 4) is 0 Å². The first-order chi connectivity index (χ1) is 9.76. The van der Waals surface area contributed by atoms with E-state index in [2.05, 4.69) is 87.6 Å². The summed E-state index contributed by atoms with van der Waals surface area (Å²) in [4.78, 5) is 4.42. The van der Waals surface area contributed by atoms with Crippen LogP contribution in [0.5, 0.6) is 0 Å². The molecule has 3 atom stereocenters. The van der Waals surface area contributed by atoms with Gasteiger partial charge in [-0.25, -0.2) is 0 Å². The molecule has 0 saturated carbocycles. The highest BCUT2D eigenvalue weighted by Gasteiger charge is 2.27. The number of hydrogen-bond donors (Lipinski definition) is 2. The molecule has 21 heavy (non-hydrogen) atoms. The molecular weight excluding hydrogens is 380 g/mol. The third kappa shape index (κ3) is 5.89. The van der Waals surface area contributed by atoms with Gasteiger partial charge in [-0.15, -0.1) is 25.3 Å². The van der Waals surface area contributed by atoms with Crippen molar-refractivity contribution in [2.24, 2.45) is 17.8 Å². The molecule has 4 heteroatoms. The molecule has 0 fully saturated rings. The van der Waals surface area contributed by atoms with Crippen molar-refractivity contribution in [3.05, 3.63) is 42.8 Å². The van der Waals surface area contributed by atoms with E-state index in [1.807, 2.05) is 0 Å². The molecule has 1 aliphatic rings. The summed E-state index contributed by atoms with van der Waals surface area (Å²) >= 11 is 14.6. The van der Waals surface area contributed by atoms with Gasteiger partial charge in [0.15, 0.2) is 0 Å². The molecule has 0 amide bonds. The van der Waals surface area contributed by atoms with Crippen LogP contribution in [0.4, 0.5) is 0 Å². The van der Waals surface area contributed by atoms with Crippen molar-refractivity contribution < 1.29 is 0 Å². The molecule has 0 aliphatic carbocycles. The molecule has 0 aromatic rings. The zero-order valence-corrected chi connectivity index (χ0v) is 17.4. The van der Waals surface area contributed by atoms with E-state index in [4.69, 9.17) is 0 Å². The van der Waals surface area contributed by atoms with Crippen LogP contribution in [0.25, 0.3) is 0 Å². The van der Waals surface area contributed by atoms with Gasteiger partial charge in [0, 0.05) is 9.39 Å². The molecule has 0 aromatic heterocycles. The number of hydrogen-bond acceptors (Lipinski definition) is 3. The molecule has 0 N–H and O–H groups in total. The van der Waals surface area contributed by atoms with Gasteiger partial charge in [-0.1, -0.05) is 61.5 Å². The third-order valence-electron chi connectivity index (χ3n) is 4.13. The summed E-state index contributed by atoms with van der Waals surface area (Å²) < 4.78 is 1.22. The van der Waals surface area contributed by atoms with E-state index in [1.54, 1.807) is 11.8 Å². The van der Waals surface area contributed by atoms with E-state index in [9.17, 15) is 0 Å². The Bertz CT molecular complexity index is 488. The second-order valence-corrected chi connectivity index (χ2v) is 9.03. The lowest BCUT2D eigenvalue weighted by Gasteiger charge is -2.31. The van der Waals surface area contributed by atoms with Crippen LogP contribution < -0.4 is 0 Å². The Morgan fingerprint density at radius 2 is 2.19 bits per heavy atom. The van der Waals surface area contributed by atoms with Crippen LogP contribution in [0.1, 0.15) is 40.5 Å². The summed E-state index contributed by atoms with van der Waals surface area (Å²) in [6, 6.07) is 0. The number of thiol groups is 2. The molecule has 0 nitrogen and oxygen atoms in total. The maximum Gasteiger partial charge on any atom is 0.0152 e. The average molecular weight is 405 g/mol. The fraction of sp³-hybridized carbons (Fsp3) is 0.529. The quantitative estimate of drug-likeness (QED) is 0.467. The van der Waals surface area contributed by atoms with Crippen molar-refractivity contribution in [1.29, 1.82) is 0 Å². The summed E-state index contributed by atoms with van der Waals surface area (Å²) in [7, 11) is 0.